The summed E-state index contributed by atoms with van der Waals surface area (Å²) in [5.74, 6) is -0.712. The molecule has 0 aliphatic rings. The van der Waals surface area contributed by atoms with Crippen LogP contribution in [-0.4, -0.2) is 96.7 Å². The van der Waals surface area contributed by atoms with Crippen molar-refractivity contribution in [3.8, 4) is 0 Å². The fraction of sp³-hybridized carbons (Fsp3) is 0.934. The van der Waals surface area contributed by atoms with E-state index in [-0.39, 0.29) is 25.7 Å². The minimum absolute atomic E-state index is 0.103. The molecule has 5 atom stereocenters. The fourth-order valence-corrected chi connectivity index (χ4v) is 10.6. The van der Waals surface area contributed by atoms with E-state index >= 15 is 0 Å². The molecule has 0 bridgehead atoms. The van der Waals surface area contributed by atoms with Gasteiger partial charge in [-0.1, -0.05) is 247 Å². The molecule has 0 fully saturated rings. The monoisotopic (exact) mass is 1180 g/mol. The summed E-state index contributed by atoms with van der Waals surface area (Å²) in [5, 5.41) is 10.5. The Balaban J connectivity index is 5.22. The van der Waals surface area contributed by atoms with Crippen molar-refractivity contribution in [2.45, 2.75) is 317 Å². The number of aliphatic hydroxyl groups excluding tert-OH is 1. The molecule has 0 aliphatic carbocycles. The molecule has 474 valence electrons. The van der Waals surface area contributed by atoms with Crippen LogP contribution in [0.3, 0.4) is 0 Å². The summed E-state index contributed by atoms with van der Waals surface area (Å²) in [6.07, 6.45) is 35.0. The smallest absolute Gasteiger partial charge is 0.462 e. The number of aliphatic hydroxyl groups is 1. The Morgan fingerprint density at radius 2 is 0.575 bits per heavy atom. The zero-order chi connectivity index (χ0) is 59.4. The van der Waals surface area contributed by atoms with Gasteiger partial charge >= 0.3 is 39.5 Å². The zero-order valence-electron chi connectivity index (χ0n) is 51.4. The summed E-state index contributed by atoms with van der Waals surface area (Å²) in [4.78, 5) is 71.9. The van der Waals surface area contributed by atoms with Gasteiger partial charge in [0.15, 0.2) is 12.2 Å². The van der Waals surface area contributed by atoms with Gasteiger partial charge in [-0.2, -0.15) is 0 Å². The number of esters is 4. The van der Waals surface area contributed by atoms with Gasteiger partial charge in [-0.15, -0.1) is 0 Å². The average Bonchev–Trinajstić information content (AvgIpc) is 3.41. The Kier molecular flexibility index (Phi) is 52.5. The molecule has 80 heavy (non-hydrogen) atoms. The molecule has 0 spiro atoms. The van der Waals surface area contributed by atoms with Crippen LogP contribution in [-0.2, 0) is 65.4 Å². The van der Waals surface area contributed by atoms with Crippen LogP contribution in [0, 0.1) is 11.8 Å². The number of hydrogen-bond acceptors (Lipinski definition) is 15. The Bertz CT molecular complexity index is 1580. The average molecular weight is 1190 g/mol. The van der Waals surface area contributed by atoms with Gasteiger partial charge in [-0.25, -0.2) is 9.13 Å². The molecule has 0 heterocycles. The van der Waals surface area contributed by atoms with Gasteiger partial charge in [0.1, 0.15) is 19.3 Å². The van der Waals surface area contributed by atoms with Gasteiger partial charge in [0.25, 0.3) is 0 Å². The maximum Gasteiger partial charge on any atom is 0.472 e. The van der Waals surface area contributed by atoms with Crippen LogP contribution < -0.4 is 0 Å². The van der Waals surface area contributed by atoms with Crippen molar-refractivity contribution in [3.05, 3.63) is 0 Å². The molecule has 17 nitrogen and oxygen atoms in total. The zero-order valence-corrected chi connectivity index (χ0v) is 53.2. The SMILES string of the molecule is CCCCCCCCCCCCCC(=O)OC[C@H](COP(=O)(O)OC[C@@H](O)COP(=O)(O)OC[C@@H](COC(=O)CCCCCCCCC)OC(=O)CCCCCCCCCC(C)C)OC(=O)CCCCCCCCCCCC(C)C. The lowest BCUT2D eigenvalue weighted by Crippen LogP contribution is -2.30. The molecule has 3 N–H and O–H groups in total. The third-order valence-corrected chi connectivity index (χ3v) is 15.9. The number of carbonyl (C=O) groups is 4. The second kappa shape index (κ2) is 53.8. The predicted octanol–water partition coefficient (Wildman–Crippen LogP) is 16.5. The molecule has 0 aromatic heterocycles. The van der Waals surface area contributed by atoms with E-state index in [1.165, 1.54) is 103 Å². The van der Waals surface area contributed by atoms with Crippen LogP contribution in [0.25, 0.3) is 0 Å². The molecule has 0 radical (unpaired) electrons. The van der Waals surface area contributed by atoms with Gasteiger partial charge in [-0.05, 0) is 37.5 Å². The van der Waals surface area contributed by atoms with Gasteiger partial charge in [0.2, 0.25) is 0 Å². The summed E-state index contributed by atoms with van der Waals surface area (Å²) in [5.41, 5.74) is 0. The van der Waals surface area contributed by atoms with Crippen molar-refractivity contribution in [1.29, 1.82) is 0 Å². The maximum atomic E-state index is 12.9. The molecule has 2 unspecified atom stereocenters. The standard InChI is InChI=1S/C61H118O17P2/c1-7-9-11-13-15-16-17-20-26-32-38-44-59(64)72-50-57(77-60(65)45-39-33-27-21-18-19-24-29-35-41-53(3)4)52-76-80(69,70)74-48-55(62)47-73-79(67,68)75-51-56(49-71-58(63)43-37-31-23-14-12-10-8-2)78-61(66)46-40-34-28-22-25-30-36-42-54(5)6/h53-57,62H,7-52H2,1-6H3,(H,67,68)(H,69,70)/t55-,56+,57+/m0/s1. The van der Waals surface area contributed by atoms with E-state index in [4.69, 9.17) is 37.0 Å². The number of rotatable bonds is 60. The highest BCUT2D eigenvalue weighted by Crippen LogP contribution is 2.45. The van der Waals surface area contributed by atoms with E-state index in [2.05, 4.69) is 41.5 Å². The molecule has 0 saturated heterocycles. The van der Waals surface area contributed by atoms with Crippen molar-refractivity contribution in [3.63, 3.8) is 0 Å². The van der Waals surface area contributed by atoms with E-state index in [1.54, 1.807) is 0 Å². The van der Waals surface area contributed by atoms with Crippen LogP contribution in [0.1, 0.15) is 298 Å². The first-order chi connectivity index (χ1) is 38.4. The van der Waals surface area contributed by atoms with Gasteiger partial charge in [0.05, 0.1) is 26.4 Å². The van der Waals surface area contributed by atoms with Crippen molar-refractivity contribution < 1.29 is 80.2 Å². The third kappa shape index (κ3) is 55.3. The number of unbranched alkanes of at least 4 members (excludes halogenated alkanes) is 30. The molecule has 0 saturated carbocycles. The van der Waals surface area contributed by atoms with E-state index in [9.17, 15) is 43.2 Å². The Morgan fingerprint density at radius 1 is 0.338 bits per heavy atom. The number of hydrogen-bond donors (Lipinski definition) is 3. The minimum atomic E-state index is -4.94. The lowest BCUT2D eigenvalue weighted by Gasteiger charge is -2.21. The van der Waals surface area contributed by atoms with Gasteiger partial charge < -0.3 is 33.8 Å². The van der Waals surface area contributed by atoms with E-state index < -0.39 is 97.5 Å². The predicted molar refractivity (Wildman–Crippen MR) is 317 cm³/mol. The van der Waals surface area contributed by atoms with Gasteiger partial charge in [-0.3, -0.25) is 37.3 Å². The highest BCUT2D eigenvalue weighted by atomic mass is 31.2. The largest absolute Gasteiger partial charge is 0.472 e. The summed E-state index contributed by atoms with van der Waals surface area (Å²) >= 11 is 0. The first-order valence-electron chi connectivity index (χ1n) is 32.0. The minimum Gasteiger partial charge on any atom is -0.462 e. The maximum absolute atomic E-state index is 12.9. The van der Waals surface area contributed by atoms with E-state index in [0.29, 0.717) is 31.6 Å². The highest BCUT2D eigenvalue weighted by molar-refractivity contribution is 7.47. The van der Waals surface area contributed by atoms with Crippen molar-refractivity contribution >= 4 is 39.5 Å². The third-order valence-electron chi connectivity index (χ3n) is 14.0. The number of carbonyl (C=O) groups excluding carboxylic acids is 4. The van der Waals surface area contributed by atoms with Crippen LogP contribution in [0.15, 0.2) is 0 Å². The van der Waals surface area contributed by atoms with Crippen molar-refractivity contribution in [2.24, 2.45) is 11.8 Å². The van der Waals surface area contributed by atoms with Crippen LogP contribution in [0.5, 0.6) is 0 Å². The lowest BCUT2D eigenvalue weighted by molar-refractivity contribution is -0.161. The van der Waals surface area contributed by atoms with E-state index in [1.807, 2.05) is 0 Å². The first-order valence-corrected chi connectivity index (χ1v) is 35.0. The van der Waals surface area contributed by atoms with Crippen LogP contribution >= 0.6 is 15.6 Å². The Labute approximate surface area is 486 Å². The summed E-state index contributed by atoms with van der Waals surface area (Å²) < 4.78 is 67.8. The van der Waals surface area contributed by atoms with Crippen molar-refractivity contribution in [2.75, 3.05) is 39.6 Å². The first kappa shape index (κ1) is 78.1. The number of ether oxygens (including phenoxy) is 4. The molecule has 0 amide bonds. The van der Waals surface area contributed by atoms with Gasteiger partial charge in [0, 0.05) is 25.7 Å². The second-order valence-corrected chi connectivity index (χ2v) is 25.9. The topological polar surface area (TPSA) is 237 Å². The van der Waals surface area contributed by atoms with E-state index in [0.717, 1.165) is 109 Å². The number of phosphoric acid groups is 2. The molecular weight excluding hydrogens is 1070 g/mol. The van der Waals surface area contributed by atoms with Crippen molar-refractivity contribution in [1.82, 2.24) is 0 Å². The fourth-order valence-electron chi connectivity index (χ4n) is 9.00. The second-order valence-electron chi connectivity index (χ2n) is 23.0. The quantitative estimate of drug-likeness (QED) is 0.0222. The highest BCUT2D eigenvalue weighted by Gasteiger charge is 2.30. The molecule has 0 aliphatic heterocycles. The molecule has 0 aromatic rings. The summed E-state index contributed by atoms with van der Waals surface area (Å²) in [7, 11) is -9.88. The number of phosphoric ester groups is 2. The normalized spacial score (nSPS) is 14.4. The summed E-state index contributed by atoms with van der Waals surface area (Å²) in [6, 6.07) is 0. The molecular formula is C61H118O17P2. The van der Waals surface area contributed by atoms with Crippen LogP contribution in [0.4, 0.5) is 0 Å². The Hall–Kier alpha value is -1.94. The molecule has 0 rings (SSSR count). The lowest BCUT2D eigenvalue weighted by atomic mass is 10.0. The Morgan fingerprint density at radius 3 is 0.850 bits per heavy atom. The molecule has 19 heteroatoms. The summed E-state index contributed by atoms with van der Waals surface area (Å²) in [6.45, 7) is 9.34. The van der Waals surface area contributed by atoms with Crippen LogP contribution in [0.2, 0.25) is 0 Å². The molecule has 0 aromatic carbocycles.